The number of aromatic nitrogens is 1. The molecule has 1 N–H and O–H groups in total. The zero-order chi connectivity index (χ0) is 14.0. The molecule has 0 saturated heterocycles. The molecule has 0 spiro atoms. The van der Waals surface area contributed by atoms with E-state index in [1.54, 1.807) is 12.3 Å². The molecule has 19 heavy (non-hydrogen) atoms. The van der Waals surface area contributed by atoms with Crippen LogP contribution in [0.4, 0.5) is 5.69 Å². The third kappa shape index (κ3) is 3.32. The molecule has 0 bridgehead atoms. The van der Waals surface area contributed by atoms with Gasteiger partial charge in [0.2, 0.25) is 0 Å². The van der Waals surface area contributed by atoms with E-state index in [1.807, 2.05) is 39.0 Å². The average Bonchev–Trinajstić information content (AvgIpc) is 2.32. The molecular formula is C15H15ClN2O. The van der Waals surface area contributed by atoms with Crippen molar-refractivity contribution >= 4 is 23.2 Å². The third-order valence-corrected chi connectivity index (χ3v) is 3.01. The fourth-order valence-electron chi connectivity index (χ4n) is 1.94. The number of rotatable bonds is 2. The number of amides is 1. The summed E-state index contributed by atoms with van der Waals surface area (Å²) in [5.41, 5.74) is 4.21. The molecule has 3 nitrogen and oxygen atoms in total. The van der Waals surface area contributed by atoms with E-state index in [1.165, 1.54) is 0 Å². The highest BCUT2D eigenvalue weighted by atomic mass is 35.5. The highest BCUT2D eigenvalue weighted by Crippen LogP contribution is 2.21. The maximum absolute atomic E-state index is 12.2. The van der Waals surface area contributed by atoms with Crippen LogP contribution in [0.3, 0.4) is 0 Å². The van der Waals surface area contributed by atoms with Crippen LogP contribution in [0.25, 0.3) is 0 Å². The summed E-state index contributed by atoms with van der Waals surface area (Å²) in [6.07, 6.45) is 1.66. The Morgan fingerprint density at radius 2 is 1.68 bits per heavy atom. The lowest BCUT2D eigenvalue weighted by Gasteiger charge is -2.08. The maximum atomic E-state index is 12.2. The highest BCUT2D eigenvalue weighted by Gasteiger charge is 2.10. The summed E-state index contributed by atoms with van der Waals surface area (Å²) < 4.78 is 0. The Bertz CT molecular complexity index is 618. The van der Waals surface area contributed by atoms with Gasteiger partial charge in [0.15, 0.2) is 5.15 Å². The Kier molecular flexibility index (Phi) is 3.86. The van der Waals surface area contributed by atoms with Crippen molar-refractivity contribution in [3.63, 3.8) is 0 Å². The Morgan fingerprint density at radius 1 is 1.05 bits per heavy atom. The van der Waals surface area contributed by atoms with Gasteiger partial charge >= 0.3 is 0 Å². The molecule has 0 unspecified atom stereocenters. The molecule has 0 atom stereocenters. The van der Waals surface area contributed by atoms with E-state index >= 15 is 0 Å². The maximum Gasteiger partial charge on any atom is 0.255 e. The van der Waals surface area contributed by atoms with Crippen LogP contribution in [0.5, 0.6) is 0 Å². The second-order valence-corrected chi connectivity index (χ2v) is 5.04. The topological polar surface area (TPSA) is 42.0 Å². The van der Waals surface area contributed by atoms with E-state index in [-0.39, 0.29) is 5.91 Å². The minimum absolute atomic E-state index is 0.180. The van der Waals surface area contributed by atoms with Gasteiger partial charge in [0, 0.05) is 11.8 Å². The van der Waals surface area contributed by atoms with Gasteiger partial charge in [-0.25, -0.2) is 4.98 Å². The van der Waals surface area contributed by atoms with Gasteiger partial charge in [-0.2, -0.15) is 0 Å². The van der Waals surface area contributed by atoms with E-state index in [9.17, 15) is 4.79 Å². The van der Waals surface area contributed by atoms with E-state index in [0.717, 1.165) is 16.7 Å². The molecule has 0 radical (unpaired) electrons. The zero-order valence-corrected chi connectivity index (χ0v) is 11.9. The first-order valence-corrected chi connectivity index (χ1v) is 6.35. The molecule has 1 amide bonds. The smallest absolute Gasteiger partial charge is 0.255 e. The van der Waals surface area contributed by atoms with Crippen LogP contribution in [0.15, 0.2) is 30.5 Å². The monoisotopic (exact) mass is 274 g/mol. The van der Waals surface area contributed by atoms with Crippen LogP contribution in [0.2, 0.25) is 5.15 Å². The molecule has 2 aromatic rings. The van der Waals surface area contributed by atoms with Crippen LogP contribution in [0.1, 0.15) is 27.0 Å². The van der Waals surface area contributed by atoms with Gasteiger partial charge < -0.3 is 5.32 Å². The first-order valence-electron chi connectivity index (χ1n) is 5.97. The predicted octanol–water partition coefficient (Wildman–Crippen LogP) is 3.91. The van der Waals surface area contributed by atoms with E-state index in [0.29, 0.717) is 16.4 Å². The average molecular weight is 275 g/mol. The van der Waals surface area contributed by atoms with Gasteiger partial charge in [-0.3, -0.25) is 4.79 Å². The molecule has 1 aromatic heterocycles. The second-order valence-electron chi connectivity index (χ2n) is 4.68. The van der Waals surface area contributed by atoms with Gasteiger partial charge in [-0.15, -0.1) is 0 Å². The standard InChI is InChI=1S/C15H15ClN2O/c1-9-4-10(2)6-12(5-9)15(19)18-13-7-11(3)8-17-14(13)16/h4-8H,1-3H3,(H,18,19). The van der Waals surface area contributed by atoms with Crippen molar-refractivity contribution in [3.8, 4) is 0 Å². The lowest BCUT2D eigenvalue weighted by atomic mass is 10.1. The number of carbonyl (C=O) groups excluding carboxylic acids is 1. The van der Waals surface area contributed by atoms with Crippen molar-refractivity contribution in [2.75, 3.05) is 5.32 Å². The van der Waals surface area contributed by atoms with Crippen LogP contribution in [-0.2, 0) is 0 Å². The molecule has 0 aliphatic heterocycles. The lowest BCUT2D eigenvalue weighted by molar-refractivity contribution is 0.102. The molecule has 0 aliphatic carbocycles. The third-order valence-electron chi connectivity index (χ3n) is 2.71. The number of nitrogens with zero attached hydrogens (tertiary/aromatic N) is 1. The summed E-state index contributed by atoms with van der Waals surface area (Å²) >= 11 is 5.96. The number of aryl methyl sites for hydroxylation is 3. The molecular weight excluding hydrogens is 260 g/mol. The summed E-state index contributed by atoms with van der Waals surface area (Å²) in [5, 5.41) is 3.08. The minimum Gasteiger partial charge on any atom is -0.319 e. The Labute approximate surface area is 117 Å². The van der Waals surface area contributed by atoms with Gasteiger partial charge in [0.1, 0.15) is 0 Å². The van der Waals surface area contributed by atoms with Gasteiger partial charge in [-0.05, 0) is 44.5 Å². The predicted molar refractivity (Wildman–Crippen MR) is 77.9 cm³/mol. The Balaban J connectivity index is 2.28. The quantitative estimate of drug-likeness (QED) is 0.844. The minimum atomic E-state index is -0.180. The first kappa shape index (κ1) is 13.6. The number of hydrogen-bond acceptors (Lipinski definition) is 2. The van der Waals surface area contributed by atoms with Crippen LogP contribution >= 0.6 is 11.6 Å². The van der Waals surface area contributed by atoms with Crippen LogP contribution < -0.4 is 5.32 Å². The first-order chi connectivity index (χ1) is 8.95. The van der Waals surface area contributed by atoms with Crippen molar-refractivity contribution in [3.05, 3.63) is 57.9 Å². The van der Waals surface area contributed by atoms with Gasteiger partial charge in [0.05, 0.1) is 5.69 Å². The Morgan fingerprint density at radius 3 is 2.32 bits per heavy atom. The number of anilines is 1. The normalized spacial score (nSPS) is 10.3. The molecule has 0 aliphatic rings. The van der Waals surface area contributed by atoms with Crippen molar-refractivity contribution < 1.29 is 4.79 Å². The van der Waals surface area contributed by atoms with E-state index in [2.05, 4.69) is 10.3 Å². The molecule has 1 aromatic carbocycles. The SMILES string of the molecule is Cc1cc(C)cc(C(=O)Nc2cc(C)cnc2Cl)c1. The number of halogens is 1. The number of hydrogen-bond donors (Lipinski definition) is 1. The summed E-state index contributed by atoms with van der Waals surface area (Å²) in [7, 11) is 0. The highest BCUT2D eigenvalue weighted by molar-refractivity contribution is 6.32. The zero-order valence-electron chi connectivity index (χ0n) is 11.1. The summed E-state index contributed by atoms with van der Waals surface area (Å²) in [6, 6.07) is 7.52. The Hall–Kier alpha value is -1.87. The second kappa shape index (κ2) is 5.41. The van der Waals surface area contributed by atoms with Gasteiger partial charge in [-0.1, -0.05) is 28.8 Å². The van der Waals surface area contributed by atoms with Crippen LogP contribution in [-0.4, -0.2) is 10.9 Å². The lowest BCUT2D eigenvalue weighted by Crippen LogP contribution is -2.13. The van der Waals surface area contributed by atoms with E-state index < -0.39 is 0 Å². The fourth-order valence-corrected chi connectivity index (χ4v) is 2.09. The molecule has 98 valence electrons. The van der Waals surface area contributed by atoms with Crippen molar-refractivity contribution in [1.82, 2.24) is 4.98 Å². The summed E-state index contributed by atoms with van der Waals surface area (Å²) in [4.78, 5) is 16.2. The number of nitrogens with one attached hydrogen (secondary N) is 1. The van der Waals surface area contributed by atoms with Crippen LogP contribution in [0, 0.1) is 20.8 Å². The molecule has 4 heteroatoms. The molecule has 2 rings (SSSR count). The molecule has 0 fully saturated rings. The summed E-state index contributed by atoms with van der Waals surface area (Å²) in [6.45, 7) is 5.83. The van der Waals surface area contributed by atoms with Gasteiger partial charge in [0.25, 0.3) is 5.91 Å². The van der Waals surface area contributed by atoms with Crippen molar-refractivity contribution in [2.24, 2.45) is 0 Å². The largest absolute Gasteiger partial charge is 0.319 e. The number of carbonyl (C=O) groups is 1. The number of benzene rings is 1. The van der Waals surface area contributed by atoms with E-state index in [4.69, 9.17) is 11.6 Å². The molecule has 0 saturated carbocycles. The number of pyridine rings is 1. The summed E-state index contributed by atoms with van der Waals surface area (Å²) in [5.74, 6) is -0.180. The molecule has 1 heterocycles. The van der Waals surface area contributed by atoms with Crippen molar-refractivity contribution in [2.45, 2.75) is 20.8 Å². The van der Waals surface area contributed by atoms with Crippen molar-refractivity contribution in [1.29, 1.82) is 0 Å². The fraction of sp³-hybridized carbons (Fsp3) is 0.200.